The van der Waals surface area contributed by atoms with E-state index < -0.39 is 5.97 Å². The summed E-state index contributed by atoms with van der Waals surface area (Å²) in [6.45, 7) is 2.82. The minimum absolute atomic E-state index is 0.147. The lowest BCUT2D eigenvalue weighted by atomic mass is 9.78. The Morgan fingerprint density at radius 3 is 2.26 bits per heavy atom. The predicted octanol–water partition coefficient (Wildman–Crippen LogP) is 4.85. The molecule has 1 aliphatic rings. The van der Waals surface area contributed by atoms with E-state index in [2.05, 4.69) is 6.92 Å². The number of ketones is 1. The smallest absolute Gasteiger partial charge is 0.306 e. The largest absolute Gasteiger partial charge is 0.481 e. The molecule has 4 nitrogen and oxygen atoms in total. The fourth-order valence-electron chi connectivity index (χ4n) is 4.13. The fraction of sp³-hybridized carbons (Fsp3) is 0.652. The number of aryl methyl sites for hydroxylation is 1. The Bertz CT molecular complexity index is 588. The van der Waals surface area contributed by atoms with Gasteiger partial charge in [0.05, 0.1) is 5.92 Å². The Balaban J connectivity index is 1.80. The van der Waals surface area contributed by atoms with E-state index in [0.717, 1.165) is 76.3 Å². The lowest BCUT2D eigenvalue weighted by molar-refractivity contribution is -0.142. The zero-order valence-electron chi connectivity index (χ0n) is 16.7. The zero-order valence-corrected chi connectivity index (χ0v) is 16.7. The summed E-state index contributed by atoms with van der Waals surface area (Å²) in [5.41, 5.74) is 7.72. The highest BCUT2D eigenvalue weighted by Crippen LogP contribution is 2.30. The first-order chi connectivity index (χ1) is 13.0. The fourth-order valence-corrected chi connectivity index (χ4v) is 4.13. The number of benzene rings is 1. The Kier molecular flexibility index (Phi) is 8.99. The Labute approximate surface area is 163 Å². The molecule has 1 unspecified atom stereocenters. The molecular weight excluding hydrogens is 338 g/mol. The molecule has 1 atom stereocenters. The summed E-state index contributed by atoms with van der Waals surface area (Å²) in [7, 11) is 0. The molecule has 1 aromatic rings. The molecule has 4 heteroatoms. The molecule has 150 valence electrons. The van der Waals surface area contributed by atoms with Crippen LogP contribution >= 0.6 is 0 Å². The predicted molar refractivity (Wildman–Crippen MR) is 109 cm³/mol. The third kappa shape index (κ3) is 6.76. The van der Waals surface area contributed by atoms with Gasteiger partial charge in [0.1, 0.15) is 0 Å². The van der Waals surface area contributed by atoms with Crippen LogP contribution in [-0.4, -0.2) is 23.4 Å². The van der Waals surface area contributed by atoms with E-state index in [0.29, 0.717) is 5.92 Å². The Morgan fingerprint density at radius 1 is 1.07 bits per heavy atom. The highest BCUT2D eigenvalue weighted by molar-refractivity contribution is 5.97. The van der Waals surface area contributed by atoms with Crippen LogP contribution in [0.15, 0.2) is 24.3 Å². The monoisotopic (exact) mass is 373 g/mol. The maximum atomic E-state index is 12.7. The number of hydrogen-bond donors (Lipinski definition) is 2. The molecule has 0 amide bonds. The van der Waals surface area contributed by atoms with Crippen molar-refractivity contribution in [2.24, 2.45) is 23.5 Å². The molecule has 1 aromatic carbocycles. The molecule has 0 bridgehead atoms. The number of nitrogens with two attached hydrogens (primary N) is 1. The number of Topliss-reactive ketones (excluding diaryl/α,β-unsaturated/α-hetero) is 1. The highest BCUT2D eigenvalue weighted by atomic mass is 16.4. The molecular formula is C23H35NO3. The summed E-state index contributed by atoms with van der Waals surface area (Å²) in [5, 5.41) is 9.31. The minimum Gasteiger partial charge on any atom is -0.481 e. The van der Waals surface area contributed by atoms with Gasteiger partial charge >= 0.3 is 5.97 Å². The van der Waals surface area contributed by atoms with E-state index in [4.69, 9.17) is 5.73 Å². The summed E-state index contributed by atoms with van der Waals surface area (Å²) in [6.07, 6.45) is 9.28. The topological polar surface area (TPSA) is 80.4 Å². The van der Waals surface area contributed by atoms with E-state index in [1.807, 2.05) is 24.3 Å². The van der Waals surface area contributed by atoms with Crippen molar-refractivity contribution in [2.75, 3.05) is 6.54 Å². The van der Waals surface area contributed by atoms with Gasteiger partial charge in [-0.1, -0.05) is 44.0 Å². The average Bonchev–Trinajstić information content (AvgIpc) is 2.70. The molecule has 1 aliphatic carbocycles. The van der Waals surface area contributed by atoms with Crippen LogP contribution in [0.1, 0.15) is 80.6 Å². The van der Waals surface area contributed by atoms with Gasteiger partial charge in [0.25, 0.3) is 0 Å². The van der Waals surface area contributed by atoms with Crippen LogP contribution in [0.25, 0.3) is 0 Å². The number of hydrogen-bond acceptors (Lipinski definition) is 3. The lowest BCUT2D eigenvalue weighted by Crippen LogP contribution is -2.25. The van der Waals surface area contributed by atoms with E-state index in [-0.39, 0.29) is 17.6 Å². The molecule has 1 saturated carbocycles. The van der Waals surface area contributed by atoms with Crippen molar-refractivity contribution in [3.63, 3.8) is 0 Å². The van der Waals surface area contributed by atoms with Crippen molar-refractivity contribution in [1.82, 2.24) is 0 Å². The van der Waals surface area contributed by atoms with Crippen LogP contribution in [0.5, 0.6) is 0 Å². The zero-order chi connectivity index (χ0) is 19.6. The molecule has 0 radical (unpaired) electrons. The van der Waals surface area contributed by atoms with Crippen LogP contribution in [0.3, 0.4) is 0 Å². The second-order valence-electron chi connectivity index (χ2n) is 8.08. The van der Waals surface area contributed by atoms with Crippen LogP contribution in [0.4, 0.5) is 0 Å². The first kappa shape index (κ1) is 21.6. The van der Waals surface area contributed by atoms with Crippen molar-refractivity contribution in [3.8, 4) is 0 Å². The molecule has 0 aromatic heterocycles. The summed E-state index contributed by atoms with van der Waals surface area (Å²) >= 11 is 0. The van der Waals surface area contributed by atoms with Crippen molar-refractivity contribution < 1.29 is 14.7 Å². The lowest BCUT2D eigenvalue weighted by Gasteiger charge is -2.26. The summed E-state index contributed by atoms with van der Waals surface area (Å²) in [5.74, 6) is 0.0997. The van der Waals surface area contributed by atoms with E-state index >= 15 is 0 Å². The standard InChI is InChI=1S/C23H35NO3/c1-2-3-6-21(23(26)27)7-4-5-17-8-12-19(13-9-17)22(25)20-14-10-18(16-24)11-15-20/h8-9,12-13,18,20-21H,2-7,10-11,14-16,24H2,1H3,(H,26,27). The second-order valence-corrected chi connectivity index (χ2v) is 8.08. The van der Waals surface area contributed by atoms with E-state index in [9.17, 15) is 14.7 Å². The van der Waals surface area contributed by atoms with Crippen molar-refractivity contribution >= 4 is 11.8 Å². The maximum absolute atomic E-state index is 12.7. The van der Waals surface area contributed by atoms with Gasteiger partial charge in [0, 0.05) is 11.5 Å². The first-order valence-electron chi connectivity index (χ1n) is 10.6. The SMILES string of the molecule is CCCCC(CCCc1ccc(C(=O)C2CCC(CN)CC2)cc1)C(=O)O. The number of unbranched alkanes of at least 4 members (excludes halogenated alkanes) is 1. The third-order valence-electron chi connectivity index (χ3n) is 6.06. The number of carbonyl (C=O) groups excluding carboxylic acids is 1. The van der Waals surface area contributed by atoms with Gasteiger partial charge in [0.2, 0.25) is 0 Å². The molecule has 1 fully saturated rings. The quantitative estimate of drug-likeness (QED) is 0.543. The minimum atomic E-state index is -0.672. The van der Waals surface area contributed by atoms with E-state index in [1.54, 1.807) is 0 Å². The van der Waals surface area contributed by atoms with Gasteiger partial charge in [0.15, 0.2) is 5.78 Å². The Morgan fingerprint density at radius 2 is 1.70 bits per heavy atom. The first-order valence-corrected chi connectivity index (χ1v) is 10.6. The summed E-state index contributed by atoms with van der Waals surface area (Å²) in [6, 6.07) is 7.94. The number of carboxylic acid groups (broad SMARTS) is 1. The van der Waals surface area contributed by atoms with Crippen molar-refractivity contribution in [3.05, 3.63) is 35.4 Å². The van der Waals surface area contributed by atoms with Crippen molar-refractivity contribution in [2.45, 2.75) is 71.1 Å². The molecule has 0 heterocycles. The molecule has 27 heavy (non-hydrogen) atoms. The van der Waals surface area contributed by atoms with Crippen molar-refractivity contribution in [1.29, 1.82) is 0 Å². The Hall–Kier alpha value is -1.68. The average molecular weight is 374 g/mol. The molecule has 2 rings (SSSR count). The van der Waals surface area contributed by atoms with Gasteiger partial charge in [-0.2, -0.15) is 0 Å². The van der Waals surface area contributed by atoms with Crippen LogP contribution in [0.2, 0.25) is 0 Å². The maximum Gasteiger partial charge on any atom is 0.306 e. The van der Waals surface area contributed by atoms with Gasteiger partial charge in [-0.3, -0.25) is 9.59 Å². The number of rotatable bonds is 11. The summed E-state index contributed by atoms with van der Waals surface area (Å²) in [4.78, 5) is 24.0. The summed E-state index contributed by atoms with van der Waals surface area (Å²) < 4.78 is 0. The van der Waals surface area contributed by atoms with Gasteiger partial charge in [-0.05, 0) is 69.4 Å². The second kappa shape index (κ2) is 11.2. The van der Waals surface area contributed by atoms with Gasteiger partial charge in [-0.25, -0.2) is 0 Å². The molecule has 3 N–H and O–H groups in total. The highest BCUT2D eigenvalue weighted by Gasteiger charge is 2.26. The third-order valence-corrected chi connectivity index (χ3v) is 6.06. The van der Waals surface area contributed by atoms with Gasteiger partial charge in [-0.15, -0.1) is 0 Å². The number of carboxylic acids is 1. The molecule has 0 saturated heterocycles. The van der Waals surface area contributed by atoms with E-state index in [1.165, 1.54) is 5.56 Å². The molecule has 0 spiro atoms. The van der Waals surface area contributed by atoms with Crippen LogP contribution in [-0.2, 0) is 11.2 Å². The van der Waals surface area contributed by atoms with Gasteiger partial charge < -0.3 is 10.8 Å². The van der Waals surface area contributed by atoms with Crippen LogP contribution < -0.4 is 5.73 Å². The van der Waals surface area contributed by atoms with Crippen LogP contribution in [0, 0.1) is 17.8 Å². The normalized spacial score (nSPS) is 21.0. The number of aliphatic carboxylic acids is 1. The molecule has 0 aliphatic heterocycles. The number of carbonyl (C=O) groups is 2.